The van der Waals surface area contributed by atoms with Gasteiger partial charge in [0.25, 0.3) is 17.6 Å². The second kappa shape index (κ2) is 11.3. The molecule has 3 aliphatic rings. The molecule has 11 heteroatoms. The Bertz CT molecular complexity index is 1850. The molecule has 0 spiro atoms. The van der Waals surface area contributed by atoms with Crippen LogP contribution < -0.4 is 29.2 Å². The number of rotatable bonds is 8. The predicted octanol–water partition coefficient (Wildman–Crippen LogP) is 4.39. The van der Waals surface area contributed by atoms with Crippen molar-refractivity contribution in [3.63, 3.8) is 0 Å². The van der Waals surface area contributed by atoms with Crippen LogP contribution in [0.2, 0.25) is 0 Å². The molecule has 0 aromatic heterocycles. The molecular formula is C34H27N3O8. The lowest BCUT2D eigenvalue weighted by Crippen LogP contribution is -2.46. The lowest BCUT2D eigenvalue weighted by molar-refractivity contribution is -0.139. The molecule has 3 aliphatic heterocycles. The van der Waals surface area contributed by atoms with E-state index >= 15 is 0 Å². The number of Topliss-reactive ketones (excluding diaryl/α,β-unsaturated/α-hetero) is 1. The molecule has 0 radical (unpaired) electrons. The van der Waals surface area contributed by atoms with Crippen LogP contribution >= 0.6 is 0 Å². The summed E-state index contributed by atoms with van der Waals surface area (Å²) in [5, 5.41) is 2.92. The molecule has 3 heterocycles. The van der Waals surface area contributed by atoms with Crippen molar-refractivity contribution in [3.8, 4) is 23.0 Å². The summed E-state index contributed by atoms with van der Waals surface area (Å²) in [5.41, 5.74) is 3.27. The van der Waals surface area contributed by atoms with Gasteiger partial charge in [0.1, 0.15) is 12.6 Å². The molecule has 1 N–H and O–H groups in total. The number of hydrogen-bond acceptors (Lipinski definition) is 8. The summed E-state index contributed by atoms with van der Waals surface area (Å²) >= 11 is 0. The minimum absolute atomic E-state index is 0.0311. The van der Waals surface area contributed by atoms with Gasteiger partial charge >= 0.3 is 0 Å². The van der Waals surface area contributed by atoms with Crippen molar-refractivity contribution in [1.29, 1.82) is 0 Å². The number of hydrogen-bond donors (Lipinski definition) is 1. The average molecular weight is 606 g/mol. The minimum atomic E-state index is -1.18. The van der Waals surface area contributed by atoms with Crippen molar-refractivity contribution in [2.45, 2.75) is 19.5 Å². The Morgan fingerprint density at radius 2 is 1.49 bits per heavy atom. The molecular weight excluding hydrogens is 578 g/mol. The van der Waals surface area contributed by atoms with Gasteiger partial charge in [-0.1, -0.05) is 48.0 Å². The number of fused-ring (bicyclic) bond motifs is 3. The summed E-state index contributed by atoms with van der Waals surface area (Å²) in [5.74, 6) is -0.555. The fourth-order valence-corrected chi connectivity index (χ4v) is 5.59. The number of nitrogens with one attached hydrogen (secondary N) is 1. The normalized spacial score (nSPS) is 14.7. The van der Waals surface area contributed by atoms with E-state index in [1.54, 1.807) is 60.7 Å². The average Bonchev–Trinajstić information content (AvgIpc) is 3.77. The van der Waals surface area contributed by atoms with E-state index in [0.29, 0.717) is 39.9 Å². The van der Waals surface area contributed by atoms with Crippen molar-refractivity contribution in [3.05, 3.63) is 107 Å². The summed E-state index contributed by atoms with van der Waals surface area (Å²) < 4.78 is 22.0. The monoisotopic (exact) mass is 605 g/mol. The van der Waals surface area contributed by atoms with Gasteiger partial charge in [-0.05, 0) is 54.4 Å². The van der Waals surface area contributed by atoms with E-state index in [1.165, 1.54) is 4.90 Å². The lowest BCUT2D eigenvalue weighted by atomic mass is 10.0. The molecule has 0 saturated heterocycles. The third-order valence-electron chi connectivity index (χ3n) is 7.88. The van der Waals surface area contributed by atoms with E-state index in [2.05, 4.69) is 5.32 Å². The Morgan fingerprint density at radius 3 is 2.24 bits per heavy atom. The summed E-state index contributed by atoms with van der Waals surface area (Å²) in [6.45, 7) is 1.64. The van der Waals surface area contributed by atoms with Gasteiger partial charge in [0.15, 0.2) is 23.0 Å². The van der Waals surface area contributed by atoms with Gasteiger partial charge in [0.05, 0.1) is 11.3 Å². The maximum absolute atomic E-state index is 14.3. The van der Waals surface area contributed by atoms with Crippen LogP contribution in [0.4, 0.5) is 11.4 Å². The molecule has 0 bridgehead atoms. The third kappa shape index (κ3) is 5.29. The van der Waals surface area contributed by atoms with Gasteiger partial charge in [-0.25, -0.2) is 0 Å². The molecule has 4 aromatic carbocycles. The molecule has 0 saturated carbocycles. The Balaban J connectivity index is 1.28. The number of aryl methyl sites for hydroxylation is 1. The van der Waals surface area contributed by atoms with Crippen LogP contribution in [0.3, 0.4) is 0 Å². The van der Waals surface area contributed by atoms with Crippen LogP contribution in [0.1, 0.15) is 33.1 Å². The maximum Gasteiger partial charge on any atom is 0.299 e. The SMILES string of the molecule is Cc1ccc(CN(C(=O)CN2C(=O)C(=O)c3ccccc32)C(C(=O)Nc2ccc3c(c2)OCO3)c2ccc3c(c2)OCO3)cc1. The predicted molar refractivity (Wildman–Crippen MR) is 161 cm³/mol. The van der Waals surface area contributed by atoms with Gasteiger partial charge in [-0.15, -0.1) is 0 Å². The molecule has 45 heavy (non-hydrogen) atoms. The largest absolute Gasteiger partial charge is 0.454 e. The Morgan fingerprint density at radius 1 is 0.822 bits per heavy atom. The highest BCUT2D eigenvalue weighted by atomic mass is 16.7. The first-order chi connectivity index (χ1) is 21.9. The molecule has 226 valence electrons. The van der Waals surface area contributed by atoms with Crippen LogP contribution in [0.15, 0.2) is 84.9 Å². The van der Waals surface area contributed by atoms with Gasteiger partial charge in [0, 0.05) is 18.3 Å². The molecule has 7 rings (SSSR count). The van der Waals surface area contributed by atoms with Gasteiger partial charge in [-0.3, -0.25) is 24.1 Å². The maximum atomic E-state index is 14.3. The van der Waals surface area contributed by atoms with Crippen LogP contribution in [0.5, 0.6) is 23.0 Å². The van der Waals surface area contributed by atoms with E-state index in [9.17, 15) is 19.2 Å². The number of anilines is 2. The summed E-state index contributed by atoms with van der Waals surface area (Å²) in [4.78, 5) is 56.9. The van der Waals surface area contributed by atoms with Crippen LogP contribution in [-0.4, -0.2) is 48.5 Å². The fraction of sp³-hybridized carbons (Fsp3) is 0.176. The molecule has 11 nitrogen and oxygen atoms in total. The second-order valence-corrected chi connectivity index (χ2v) is 10.8. The Hall–Kier alpha value is -5.84. The molecule has 0 fully saturated rings. The lowest BCUT2D eigenvalue weighted by Gasteiger charge is -2.33. The summed E-state index contributed by atoms with van der Waals surface area (Å²) in [6.07, 6.45) is 0. The highest BCUT2D eigenvalue weighted by molar-refractivity contribution is 6.52. The van der Waals surface area contributed by atoms with Gasteiger partial charge in [0.2, 0.25) is 19.5 Å². The number of para-hydroxylation sites is 1. The summed E-state index contributed by atoms with van der Waals surface area (Å²) in [7, 11) is 0. The number of ketones is 1. The fourth-order valence-electron chi connectivity index (χ4n) is 5.59. The topological polar surface area (TPSA) is 124 Å². The van der Waals surface area contributed by atoms with Crippen LogP contribution in [-0.2, 0) is 20.9 Å². The van der Waals surface area contributed by atoms with Crippen LogP contribution in [0.25, 0.3) is 0 Å². The number of carbonyl (C=O) groups excluding carboxylic acids is 4. The quantitative estimate of drug-likeness (QED) is 0.294. The van der Waals surface area contributed by atoms with E-state index in [1.807, 2.05) is 31.2 Å². The minimum Gasteiger partial charge on any atom is -0.454 e. The number of carbonyl (C=O) groups is 4. The zero-order valence-electron chi connectivity index (χ0n) is 24.1. The number of benzene rings is 4. The highest BCUT2D eigenvalue weighted by Gasteiger charge is 2.40. The van der Waals surface area contributed by atoms with E-state index in [4.69, 9.17) is 18.9 Å². The number of amides is 3. The van der Waals surface area contributed by atoms with Gasteiger partial charge in [-0.2, -0.15) is 0 Å². The summed E-state index contributed by atoms with van der Waals surface area (Å²) in [6, 6.07) is 23.0. The zero-order chi connectivity index (χ0) is 31.1. The van der Waals surface area contributed by atoms with Crippen molar-refractivity contribution in [2.24, 2.45) is 0 Å². The van der Waals surface area contributed by atoms with Crippen molar-refractivity contribution < 1.29 is 38.1 Å². The molecule has 0 aliphatic carbocycles. The first kappa shape index (κ1) is 28.0. The molecule has 1 atom stereocenters. The smallest absolute Gasteiger partial charge is 0.299 e. The zero-order valence-corrected chi connectivity index (χ0v) is 24.1. The molecule has 3 amide bonds. The standard InChI is InChI=1S/C34H27N3O8/c1-20-6-8-21(9-7-20)16-37(30(38)17-36-25-5-3-2-4-24(25)32(39)34(36)41)31(22-10-12-26-28(14-22)44-18-42-26)33(40)35-23-11-13-27-29(15-23)45-19-43-27/h2-15,31H,16-19H2,1H3,(H,35,40). The molecule has 4 aromatic rings. The second-order valence-electron chi connectivity index (χ2n) is 10.8. The first-order valence-corrected chi connectivity index (χ1v) is 14.3. The van der Waals surface area contributed by atoms with E-state index in [-0.39, 0.29) is 25.7 Å². The highest BCUT2D eigenvalue weighted by Crippen LogP contribution is 2.38. The van der Waals surface area contributed by atoms with E-state index in [0.717, 1.165) is 16.0 Å². The van der Waals surface area contributed by atoms with Crippen molar-refractivity contribution in [2.75, 3.05) is 30.3 Å². The third-order valence-corrected chi connectivity index (χ3v) is 7.88. The van der Waals surface area contributed by atoms with Crippen LogP contribution in [0, 0.1) is 6.92 Å². The van der Waals surface area contributed by atoms with Crippen molar-refractivity contribution in [1.82, 2.24) is 4.90 Å². The Kier molecular flexibility index (Phi) is 7.05. The van der Waals surface area contributed by atoms with Crippen molar-refractivity contribution >= 4 is 34.9 Å². The number of ether oxygens (including phenoxy) is 4. The van der Waals surface area contributed by atoms with Gasteiger partial charge < -0.3 is 29.2 Å². The van der Waals surface area contributed by atoms with E-state index < -0.39 is 36.1 Å². The number of nitrogens with zero attached hydrogens (tertiary/aromatic N) is 2. The Labute approximate surface area is 257 Å². The first-order valence-electron chi connectivity index (χ1n) is 14.3. The molecule has 1 unspecified atom stereocenters.